The average Bonchev–Trinajstić information content (AvgIpc) is 3.38. The summed E-state index contributed by atoms with van der Waals surface area (Å²) in [6, 6.07) is 17.6. The number of hydrogen-bond donors (Lipinski definition) is 1. The van der Waals surface area contributed by atoms with Crippen molar-refractivity contribution in [3.8, 4) is 5.75 Å². The summed E-state index contributed by atoms with van der Waals surface area (Å²) in [6.07, 6.45) is 0. The Bertz CT molecular complexity index is 1500. The van der Waals surface area contributed by atoms with E-state index >= 15 is 0 Å². The first kappa shape index (κ1) is 22.8. The second-order valence-corrected chi connectivity index (χ2v) is 9.74. The van der Waals surface area contributed by atoms with E-state index in [1.165, 1.54) is 16.2 Å². The number of nitrogens with zero attached hydrogens (tertiary/aromatic N) is 2. The number of anilines is 1. The third kappa shape index (κ3) is 3.88. The SMILES string of the molecule is COc1ccc([C@@H]2/C(=C(\O)c3ccc(C)cc3)C(=O)C(=O)N2c2nc3c(C)cc(C)cc3s2)cc1. The molecule has 1 saturated heterocycles. The molecule has 0 bridgehead atoms. The van der Waals surface area contributed by atoms with Gasteiger partial charge in [0.05, 0.1) is 28.9 Å². The zero-order valence-corrected chi connectivity index (χ0v) is 20.6. The maximum atomic E-state index is 13.4. The highest BCUT2D eigenvalue weighted by atomic mass is 32.1. The number of ketones is 1. The summed E-state index contributed by atoms with van der Waals surface area (Å²) in [7, 11) is 1.57. The van der Waals surface area contributed by atoms with Crippen LogP contribution in [0.25, 0.3) is 16.0 Å². The van der Waals surface area contributed by atoms with Crippen molar-refractivity contribution in [1.29, 1.82) is 0 Å². The molecular weight excluding hydrogens is 460 g/mol. The van der Waals surface area contributed by atoms with E-state index in [4.69, 9.17) is 9.72 Å². The van der Waals surface area contributed by atoms with Gasteiger partial charge in [0, 0.05) is 5.56 Å². The number of benzene rings is 3. The number of aliphatic hydroxyl groups is 1. The fourth-order valence-corrected chi connectivity index (χ4v) is 5.63. The van der Waals surface area contributed by atoms with Crippen LogP contribution in [0.4, 0.5) is 5.13 Å². The Morgan fingerprint density at radius 3 is 2.31 bits per heavy atom. The number of fused-ring (bicyclic) bond motifs is 1. The summed E-state index contributed by atoms with van der Waals surface area (Å²) < 4.78 is 6.22. The quantitative estimate of drug-likeness (QED) is 0.223. The van der Waals surface area contributed by atoms with E-state index in [9.17, 15) is 14.7 Å². The van der Waals surface area contributed by atoms with Crippen LogP contribution in [-0.2, 0) is 9.59 Å². The number of hydrogen-bond acceptors (Lipinski definition) is 6. The van der Waals surface area contributed by atoms with Crippen molar-refractivity contribution < 1.29 is 19.4 Å². The predicted molar refractivity (Wildman–Crippen MR) is 138 cm³/mol. The third-order valence-corrected chi connectivity index (χ3v) is 7.23. The Morgan fingerprint density at radius 2 is 1.66 bits per heavy atom. The van der Waals surface area contributed by atoms with Crippen molar-refractivity contribution in [2.75, 3.05) is 12.0 Å². The van der Waals surface area contributed by atoms with Gasteiger partial charge in [0.2, 0.25) is 0 Å². The van der Waals surface area contributed by atoms with Gasteiger partial charge in [-0.05, 0) is 55.7 Å². The third-order valence-electron chi connectivity index (χ3n) is 6.23. The number of aliphatic hydroxyl groups excluding tert-OH is 1. The number of aromatic nitrogens is 1. The molecule has 6 nitrogen and oxygen atoms in total. The minimum atomic E-state index is -0.829. The summed E-state index contributed by atoms with van der Waals surface area (Å²) in [6.45, 7) is 5.93. The van der Waals surface area contributed by atoms with Crippen LogP contribution in [0.1, 0.15) is 33.9 Å². The lowest BCUT2D eigenvalue weighted by Gasteiger charge is -2.23. The summed E-state index contributed by atoms with van der Waals surface area (Å²) in [5.74, 6) is -1.01. The van der Waals surface area contributed by atoms with E-state index < -0.39 is 17.7 Å². The van der Waals surface area contributed by atoms with Crippen LogP contribution >= 0.6 is 11.3 Å². The van der Waals surface area contributed by atoms with E-state index in [2.05, 4.69) is 0 Å². The molecule has 3 aromatic carbocycles. The largest absolute Gasteiger partial charge is 0.507 e. The zero-order chi connectivity index (χ0) is 24.9. The molecule has 0 aliphatic carbocycles. The molecular formula is C28H24N2O4S. The molecule has 0 unspecified atom stereocenters. The van der Waals surface area contributed by atoms with Gasteiger partial charge in [-0.3, -0.25) is 14.5 Å². The molecule has 1 fully saturated rings. The molecule has 7 heteroatoms. The first-order valence-corrected chi connectivity index (χ1v) is 12.0. The lowest BCUT2D eigenvalue weighted by atomic mass is 9.95. The second kappa shape index (κ2) is 8.67. The molecule has 0 spiro atoms. The second-order valence-electron chi connectivity index (χ2n) is 8.73. The van der Waals surface area contributed by atoms with E-state index in [0.29, 0.717) is 22.0 Å². The molecule has 1 aliphatic rings. The van der Waals surface area contributed by atoms with E-state index in [1.54, 1.807) is 43.5 Å². The van der Waals surface area contributed by atoms with Crippen molar-refractivity contribution >= 4 is 44.1 Å². The highest BCUT2D eigenvalue weighted by Crippen LogP contribution is 2.45. The van der Waals surface area contributed by atoms with Crippen molar-refractivity contribution in [2.45, 2.75) is 26.8 Å². The van der Waals surface area contributed by atoms with E-state index in [-0.39, 0.29) is 11.3 Å². The van der Waals surface area contributed by atoms with Gasteiger partial charge in [-0.15, -0.1) is 0 Å². The van der Waals surface area contributed by atoms with Gasteiger partial charge in [0.15, 0.2) is 5.13 Å². The molecule has 4 aromatic rings. The van der Waals surface area contributed by atoms with Gasteiger partial charge in [0.1, 0.15) is 11.5 Å². The standard InChI is InChI=1S/C28H24N2O4S/c1-15-5-7-19(8-6-15)25(31)22-24(18-9-11-20(34-4)12-10-18)30(27(33)26(22)32)28-29-23-17(3)13-16(2)14-21(23)35-28/h5-14,24,31H,1-4H3/b25-22+/t24-/m1/s1. The Hall–Kier alpha value is -3.97. The number of ether oxygens (including phenoxy) is 1. The maximum Gasteiger partial charge on any atom is 0.301 e. The Balaban J connectivity index is 1.73. The summed E-state index contributed by atoms with van der Waals surface area (Å²) in [4.78, 5) is 32.9. The van der Waals surface area contributed by atoms with Gasteiger partial charge >= 0.3 is 5.91 Å². The Kier molecular flexibility index (Phi) is 5.65. The number of rotatable bonds is 4. The molecule has 5 rings (SSSR count). The molecule has 1 aromatic heterocycles. The maximum absolute atomic E-state index is 13.4. The smallest absolute Gasteiger partial charge is 0.301 e. The van der Waals surface area contributed by atoms with Crippen LogP contribution < -0.4 is 9.64 Å². The normalized spacial score (nSPS) is 17.4. The predicted octanol–water partition coefficient (Wildman–Crippen LogP) is 5.86. The lowest BCUT2D eigenvalue weighted by molar-refractivity contribution is -0.132. The Morgan fingerprint density at radius 1 is 0.971 bits per heavy atom. The van der Waals surface area contributed by atoms with Crippen molar-refractivity contribution in [2.24, 2.45) is 0 Å². The van der Waals surface area contributed by atoms with Crippen LogP contribution in [0.5, 0.6) is 5.75 Å². The monoisotopic (exact) mass is 484 g/mol. The van der Waals surface area contributed by atoms with Crippen LogP contribution in [-0.4, -0.2) is 28.9 Å². The molecule has 176 valence electrons. The highest BCUT2D eigenvalue weighted by Gasteiger charge is 2.48. The van der Waals surface area contributed by atoms with Crippen LogP contribution in [0.15, 0.2) is 66.2 Å². The first-order valence-electron chi connectivity index (χ1n) is 11.2. The van der Waals surface area contributed by atoms with Crippen molar-refractivity contribution in [1.82, 2.24) is 4.98 Å². The topological polar surface area (TPSA) is 79.7 Å². The molecule has 1 amide bonds. The minimum Gasteiger partial charge on any atom is -0.507 e. The fourth-order valence-electron chi connectivity index (χ4n) is 4.46. The summed E-state index contributed by atoms with van der Waals surface area (Å²) in [5, 5.41) is 11.7. The van der Waals surface area contributed by atoms with Crippen LogP contribution in [0.2, 0.25) is 0 Å². The van der Waals surface area contributed by atoms with Gasteiger partial charge in [-0.2, -0.15) is 0 Å². The van der Waals surface area contributed by atoms with E-state index in [0.717, 1.165) is 26.9 Å². The number of carbonyl (C=O) groups excluding carboxylic acids is 2. The molecule has 0 saturated carbocycles. The summed E-state index contributed by atoms with van der Waals surface area (Å²) in [5.41, 5.74) is 5.10. The molecule has 0 radical (unpaired) electrons. The molecule has 35 heavy (non-hydrogen) atoms. The zero-order valence-electron chi connectivity index (χ0n) is 19.8. The van der Waals surface area contributed by atoms with Gasteiger partial charge in [0.25, 0.3) is 5.78 Å². The van der Waals surface area contributed by atoms with Gasteiger partial charge < -0.3 is 9.84 Å². The van der Waals surface area contributed by atoms with Gasteiger partial charge in [-0.1, -0.05) is 59.4 Å². The molecule has 1 aliphatic heterocycles. The molecule has 1 atom stereocenters. The number of amides is 1. The lowest BCUT2D eigenvalue weighted by Crippen LogP contribution is -2.29. The van der Waals surface area contributed by atoms with Crippen LogP contribution in [0, 0.1) is 20.8 Å². The van der Waals surface area contributed by atoms with Gasteiger partial charge in [-0.25, -0.2) is 4.98 Å². The molecule has 1 N–H and O–H groups in total. The van der Waals surface area contributed by atoms with Crippen molar-refractivity contribution in [3.63, 3.8) is 0 Å². The average molecular weight is 485 g/mol. The number of aryl methyl sites for hydroxylation is 3. The number of thiazole rings is 1. The highest BCUT2D eigenvalue weighted by molar-refractivity contribution is 7.22. The first-order chi connectivity index (χ1) is 16.8. The number of methoxy groups -OCH3 is 1. The van der Waals surface area contributed by atoms with Crippen LogP contribution in [0.3, 0.4) is 0 Å². The van der Waals surface area contributed by atoms with E-state index in [1.807, 2.05) is 45.0 Å². The fraction of sp³-hybridized carbons (Fsp3) is 0.179. The summed E-state index contributed by atoms with van der Waals surface area (Å²) >= 11 is 1.36. The minimum absolute atomic E-state index is 0.0381. The molecule has 2 heterocycles. The van der Waals surface area contributed by atoms with Crippen molar-refractivity contribution in [3.05, 3.63) is 94.1 Å². The Labute approximate surface area is 207 Å². The number of Topliss-reactive ketones (excluding diaryl/α,β-unsaturated/α-hetero) is 1. The number of carbonyl (C=O) groups is 2.